The third-order valence-electron chi connectivity index (χ3n) is 4.02. The number of aliphatic carboxylic acids is 1. The fourth-order valence-corrected chi connectivity index (χ4v) is 3.73. The zero-order chi connectivity index (χ0) is 20.8. The number of nitrogens with zero attached hydrogens (tertiary/aromatic N) is 2. The van der Waals surface area contributed by atoms with E-state index < -0.39 is 12.6 Å². The van der Waals surface area contributed by atoms with Gasteiger partial charge in [-0.25, -0.2) is 9.79 Å². The number of methoxy groups -OCH3 is 1. The number of thioether (sulfide) groups is 1. The lowest BCUT2D eigenvalue weighted by molar-refractivity contribution is -0.139. The van der Waals surface area contributed by atoms with E-state index in [0.717, 1.165) is 11.3 Å². The van der Waals surface area contributed by atoms with Crippen molar-refractivity contribution in [3.8, 4) is 11.5 Å². The monoisotopic (exact) mass is 412 g/mol. The second-order valence-electron chi connectivity index (χ2n) is 5.98. The van der Waals surface area contributed by atoms with Crippen LogP contribution in [0, 0.1) is 0 Å². The molecule has 1 aliphatic rings. The number of carboxylic acid groups (broad SMARTS) is 1. The van der Waals surface area contributed by atoms with E-state index >= 15 is 0 Å². The second kappa shape index (κ2) is 9.29. The number of carbonyl (C=O) groups excluding carboxylic acids is 1. The molecule has 0 spiro atoms. The zero-order valence-electron chi connectivity index (χ0n) is 16.0. The summed E-state index contributed by atoms with van der Waals surface area (Å²) in [6.45, 7) is 1.95. The fraction of sp³-hybridized carbons (Fsp3) is 0.190. The average molecular weight is 412 g/mol. The molecular weight excluding hydrogens is 392 g/mol. The summed E-state index contributed by atoms with van der Waals surface area (Å²) < 4.78 is 10.5. The van der Waals surface area contributed by atoms with Crippen molar-refractivity contribution in [3.63, 3.8) is 0 Å². The lowest BCUT2D eigenvalue weighted by Gasteiger charge is -2.12. The van der Waals surface area contributed by atoms with Gasteiger partial charge in [-0.2, -0.15) is 0 Å². The Morgan fingerprint density at radius 3 is 2.62 bits per heavy atom. The SMILES string of the molecule is CCN1C(=O)/C(=C\c2ccc(OCC(=O)O)c(OC)c2)SC1=Nc1ccccc1. The Hall–Kier alpha value is -3.26. The number of rotatable bonds is 7. The highest BCUT2D eigenvalue weighted by Gasteiger charge is 2.32. The predicted molar refractivity (Wildman–Crippen MR) is 113 cm³/mol. The molecule has 1 saturated heterocycles. The van der Waals surface area contributed by atoms with Crippen molar-refractivity contribution < 1.29 is 24.2 Å². The van der Waals surface area contributed by atoms with Gasteiger partial charge in [-0.1, -0.05) is 24.3 Å². The van der Waals surface area contributed by atoms with Crippen molar-refractivity contribution in [1.82, 2.24) is 4.90 Å². The summed E-state index contributed by atoms with van der Waals surface area (Å²) in [5, 5.41) is 9.39. The van der Waals surface area contributed by atoms with E-state index in [2.05, 4.69) is 4.99 Å². The third kappa shape index (κ3) is 4.97. The largest absolute Gasteiger partial charge is 0.493 e. The highest BCUT2D eigenvalue weighted by molar-refractivity contribution is 8.18. The number of amidine groups is 1. The number of likely N-dealkylation sites (N-methyl/N-ethyl adjacent to an activating group) is 1. The smallest absolute Gasteiger partial charge is 0.341 e. The first-order valence-corrected chi connectivity index (χ1v) is 9.71. The minimum Gasteiger partial charge on any atom is -0.493 e. The van der Waals surface area contributed by atoms with Gasteiger partial charge < -0.3 is 14.6 Å². The average Bonchev–Trinajstić information content (AvgIpc) is 3.01. The van der Waals surface area contributed by atoms with Crippen LogP contribution in [0.4, 0.5) is 5.69 Å². The van der Waals surface area contributed by atoms with E-state index in [1.807, 2.05) is 37.3 Å². The van der Waals surface area contributed by atoms with Gasteiger partial charge in [0.05, 0.1) is 17.7 Å². The number of benzene rings is 2. The van der Waals surface area contributed by atoms with Crippen LogP contribution < -0.4 is 9.47 Å². The summed E-state index contributed by atoms with van der Waals surface area (Å²) >= 11 is 1.31. The van der Waals surface area contributed by atoms with Gasteiger partial charge in [-0.05, 0) is 54.6 Å². The van der Waals surface area contributed by atoms with Gasteiger partial charge in [0.1, 0.15) is 0 Å². The molecule has 150 valence electrons. The van der Waals surface area contributed by atoms with Crippen molar-refractivity contribution in [2.75, 3.05) is 20.3 Å². The quantitative estimate of drug-likeness (QED) is 0.696. The number of carbonyl (C=O) groups is 2. The lowest BCUT2D eigenvalue weighted by Crippen LogP contribution is -2.28. The third-order valence-corrected chi connectivity index (χ3v) is 5.03. The predicted octanol–water partition coefficient (Wildman–Crippen LogP) is 3.78. The Morgan fingerprint density at radius 2 is 1.97 bits per heavy atom. The molecule has 0 unspecified atom stereocenters. The minimum atomic E-state index is -1.07. The molecule has 0 aromatic heterocycles. The fourth-order valence-electron chi connectivity index (χ4n) is 2.67. The van der Waals surface area contributed by atoms with Crippen LogP contribution in [0.3, 0.4) is 0 Å². The summed E-state index contributed by atoms with van der Waals surface area (Å²) in [6, 6.07) is 14.5. The van der Waals surface area contributed by atoms with Gasteiger partial charge in [0, 0.05) is 6.54 Å². The second-order valence-corrected chi connectivity index (χ2v) is 6.99. The maximum Gasteiger partial charge on any atom is 0.341 e. The van der Waals surface area contributed by atoms with Crippen molar-refractivity contribution in [1.29, 1.82) is 0 Å². The molecule has 3 rings (SSSR count). The van der Waals surface area contributed by atoms with Crippen LogP contribution in [0.2, 0.25) is 0 Å². The molecular formula is C21H20N2O5S. The van der Waals surface area contributed by atoms with Gasteiger partial charge in [-0.15, -0.1) is 0 Å². The number of ether oxygens (including phenoxy) is 2. The van der Waals surface area contributed by atoms with Crippen molar-refractivity contribution in [2.45, 2.75) is 6.92 Å². The number of hydrogen-bond donors (Lipinski definition) is 1. The summed E-state index contributed by atoms with van der Waals surface area (Å²) in [5.74, 6) is -0.473. The molecule has 1 aliphatic heterocycles. The Balaban J connectivity index is 1.87. The van der Waals surface area contributed by atoms with Crippen LogP contribution >= 0.6 is 11.8 Å². The normalized spacial score (nSPS) is 16.5. The molecule has 0 atom stereocenters. The lowest BCUT2D eigenvalue weighted by atomic mass is 10.2. The summed E-state index contributed by atoms with van der Waals surface area (Å²) in [7, 11) is 1.47. The van der Waals surface area contributed by atoms with Crippen LogP contribution in [-0.4, -0.2) is 47.3 Å². The molecule has 2 aromatic rings. The van der Waals surface area contributed by atoms with E-state index in [0.29, 0.717) is 28.1 Å². The van der Waals surface area contributed by atoms with Crippen LogP contribution in [-0.2, 0) is 9.59 Å². The molecule has 1 fully saturated rings. The van der Waals surface area contributed by atoms with Gasteiger partial charge in [0.25, 0.3) is 5.91 Å². The van der Waals surface area contributed by atoms with E-state index in [1.54, 1.807) is 29.2 Å². The summed E-state index contributed by atoms with van der Waals surface area (Å²) in [5.41, 5.74) is 1.52. The molecule has 1 N–H and O–H groups in total. The van der Waals surface area contributed by atoms with Gasteiger partial charge in [0.2, 0.25) is 0 Å². The Labute approximate surface area is 172 Å². The maximum absolute atomic E-state index is 12.8. The number of aliphatic imine (C=N–C) groups is 1. The van der Waals surface area contributed by atoms with Crippen molar-refractivity contribution >= 4 is 40.6 Å². The molecule has 29 heavy (non-hydrogen) atoms. The molecule has 2 aromatic carbocycles. The Morgan fingerprint density at radius 1 is 1.21 bits per heavy atom. The molecule has 1 heterocycles. The molecule has 1 amide bonds. The topological polar surface area (TPSA) is 88.4 Å². The molecule has 7 nitrogen and oxygen atoms in total. The molecule has 0 bridgehead atoms. The number of para-hydroxylation sites is 1. The minimum absolute atomic E-state index is 0.114. The molecule has 0 aliphatic carbocycles. The van der Waals surface area contributed by atoms with E-state index in [-0.39, 0.29) is 5.91 Å². The van der Waals surface area contributed by atoms with E-state index in [9.17, 15) is 9.59 Å². The Bertz CT molecular complexity index is 972. The first kappa shape index (κ1) is 20.5. The first-order valence-electron chi connectivity index (χ1n) is 8.89. The number of hydrogen-bond acceptors (Lipinski definition) is 6. The highest BCUT2D eigenvalue weighted by Crippen LogP contribution is 2.35. The van der Waals surface area contributed by atoms with Crippen molar-refractivity contribution in [3.05, 3.63) is 59.0 Å². The van der Waals surface area contributed by atoms with Crippen LogP contribution in [0.1, 0.15) is 12.5 Å². The number of carboxylic acids is 1. The zero-order valence-corrected chi connectivity index (χ0v) is 16.8. The van der Waals surface area contributed by atoms with Gasteiger partial charge >= 0.3 is 5.97 Å². The Kier molecular flexibility index (Phi) is 6.56. The molecule has 8 heteroatoms. The van der Waals surface area contributed by atoms with Crippen molar-refractivity contribution in [2.24, 2.45) is 4.99 Å². The van der Waals surface area contributed by atoms with Crippen LogP contribution in [0.5, 0.6) is 11.5 Å². The standard InChI is InChI=1S/C21H20N2O5S/c1-3-23-20(26)18(29-21(23)22-15-7-5-4-6-8-15)12-14-9-10-16(17(11-14)27-2)28-13-19(24)25/h4-12H,3,13H2,1-2H3,(H,24,25)/b18-12+,22-21?. The maximum atomic E-state index is 12.8. The number of amides is 1. The summed E-state index contributed by atoms with van der Waals surface area (Å²) in [4.78, 5) is 30.2. The van der Waals surface area contributed by atoms with Gasteiger partial charge in [-0.3, -0.25) is 9.69 Å². The van der Waals surface area contributed by atoms with E-state index in [1.165, 1.54) is 18.9 Å². The van der Waals surface area contributed by atoms with Crippen LogP contribution in [0.15, 0.2) is 58.4 Å². The highest BCUT2D eigenvalue weighted by atomic mass is 32.2. The van der Waals surface area contributed by atoms with E-state index in [4.69, 9.17) is 14.6 Å². The summed E-state index contributed by atoms with van der Waals surface area (Å²) in [6.07, 6.45) is 1.76. The first-order chi connectivity index (χ1) is 14.0. The van der Waals surface area contributed by atoms with Gasteiger partial charge in [0.15, 0.2) is 23.3 Å². The molecule has 0 saturated carbocycles. The van der Waals surface area contributed by atoms with Crippen LogP contribution in [0.25, 0.3) is 6.08 Å². The molecule has 0 radical (unpaired) electrons.